The Kier molecular flexibility index (Phi) is 3.07. The molecule has 0 saturated carbocycles. The van der Waals surface area contributed by atoms with Crippen molar-refractivity contribution in [3.05, 3.63) is 35.4 Å². The van der Waals surface area contributed by atoms with Gasteiger partial charge in [0.05, 0.1) is 17.0 Å². The van der Waals surface area contributed by atoms with Crippen molar-refractivity contribution in [2.24, 2.45) is 0 Å². The zero-order valence-electron chi connectivity index (χ0n) is 7.86. The summed E-state index contributed by atoms with van der Waals surface area (Å²) in [5, 5.41) is 12.6. The summed E-state index contributed by atoms with van der Waals surface area (Å²) in [7, 11) is 0. The molecule has 14 heavy (non-hydrogen) atoms. The minimum absolute atomic E-state index is 0.372. The van der Waals surface area contributed by atoms with Crippen LogP contribution in [-0.4, -0.2) is 12.3 Å². The van der Waals surface area contributed by atoms with Gasteiger partial charge in [-0.05, 0) is 36.4 Å². The SMILES string of the molecule is N#Cc1cccc(C2NCCCS2)c1. The molecule has 1 aromatic rings. The van der Waals surface area contributed by atoms with E-state index in [0.717, 1.165) is 12.1 Å². The predicted molar refractivity (Wildman–Crippen MR) is 59.0 cm³/mol. The monoisotopic (exact) mass is 204 g/mol. The summed E-state index contributed by atoms with van der Waals surface area (Å²) in [4.78, 5) is 0. The van der Waals surface area contributed by atoms with Gasteiger partial charge < -0.3 is 5.32 Å². The van der Waals surface area contributed by atoms with E-state index >= 15 is 0 Å². The fraction of sp³-hybridized carbons (Fsp3) is 0.364. The highest BCUT2D eigenvalue weighted by atomic mass is 32.2. The molecule has 1 unspecified atom stereocenters. The Labute approximate surface area is 88.3 Å². The molecule has 1 N–H and O–H groups in total. The van der Waals surface area contributed by atoms with Crippen LogP contribution in [0.1, 0.15) is 22.9 Å². The number of thioether (sulfide) groups is 1. The lowest BCUT2D eigenvalue weighted by Gasteiger charge is -2.23. The van der Waals surface area contributed by atoms with Crippen LogP contribution in [0.15, 0.2) is 24.3 Å². The van der Waals surface area contributed by atoms with Gasteiger partial charge in [-0.1, -0.05) is 12.1 Å². The van der Waals surface area contributed by atoms with E-state index in [4.69, 9.17) is 5.26 Å². The van der Waals surface area contributed by atoms with Crippen LogP contribution in [0.25, 0.3) is 0 Å². The molecule has 0 aliphatic carbocycles. The Morgan fingerprint density at radius 2 is 2.43 bits per heavy atom. The van der Waals surface area contributed by atoms with Crippen molar-refractivity contribution in [3.8, 4) is 6.07 Å². The predicted octanol–water partition coefficient (Wildman–Crippen LogP) is 2.28. The average molecular weight is 204 g/mol. The van der Waals surface area contributed by atoms with E-state index in [-0.39, 0.29) is 0 Å². The fourth-order valence-electron chi connectivity index (χ4n) is 1.55. The van der Waals surface area contributed by atoms with Gasteiger partial charge in [0.15, 0.2) is 0 Å². The molecule has 1 aliphatic rings. The molecule has 1 aliphatic heterocycles. The van der Waals surface area contributed by atoms with E-state index in [0.29, 0.717) is 5.37 Å². The van der Waals surface area contributed by atoms with Gasteiger partial charge in [-0.15, -0.1) is 11.8 Å². The summed E-state index contributed by atoms with van der Waals surface area (Å²) in [5.41, 5.74) is 1.96. The van der Waals surface area contributed by atoms with Gasteiger partial charge in [-0.25, -0.2) is 0 Å². The molecule has 0 radical (unpaired) electrons. The summed E-state index contributed by atoms with van der Waals surface area (Å²) in [6, 6.07) is 10.0. The van der Waals surface area contributed by atoms with Gasteiger partial charge in [-0.2, -0.15) is 5.26 Å². The van der Waals surface area contributed by atoms with Gasteiger partial charge in [0, 0.05) is 0 Å². The van der Waals surface area contributed by atoms with E-state index in [1.54, 1.807) is 0 Å². The van der Waals surface area contributed by atoms with Crippen LogP contribution in [-0.2, 0) is 0 Å². The third-order valence-corrected chi connectivity index (χ3v) is 3.55. The van der Waals surface area contributed by atoms with Crippen molar-refractivity contribution in [1.82, 2.24) is 5.32 Å². The third kappa shape index (κ3) is 2.09. The Hall–Kier alpha value is -0.980. The highest BCUT2D eigenvalue weighted by molar-refractivity contribution is 7.99. The van der Waals surface area contributed by atoms with Crippen LogP contribution in [0.4, 0.5) is 0 Å². The first-order chi connectivity index (χ1) is 6.90. The van der Waals surface area contributed by atoms with E-state index in [2.05, 4.69) is 17.5 Å². The second-order valence-corrected chi connectivity index (χ2v) is 4.51. The summed E-state index contributed by atoms with van der Waals surface area (Å²) in [6.07, 6.45) is 1.24. The molecule has 1 atom stereocenters. The third-order valence-electron chi connectivity index (χ3n) is 2.25. The van der Waals surface area contributed by atoms with Gasteiger partial charge in [0.25, 0.3) is 0 Å². The molecular formula is C11H12N2S. The molecule has 2 rings (SSSR count). The highest BCUT2D eigenvalue weighted by Gasteiger charge is 2.14. The number of hydrogen-bond acceptors (Lipinski definition) is 3. The first-order valence-electron chi connectivity index (χ1n) is 4.75. The quantitative estimate of drug-likeness (QED) is 0.762. The maximum Gasteiger partial charge on any atom is 0.0991 e. The maximum atomic E-state index is 8.78. The second-order valence-electron chi connectivity index (χ2n) is 3.30. The van der Waals surface area contributed by atoms with Crippen molar-refractivity contribution >= 4 is 11.8 Å². The molecule has 1 aromatic carbocycles. The normalized spacial score (nSPS) is 21.5. The molecule has 0 spiro atoms. The molecule has 1 saturated heterocycles. The smallest absolute Gasteiger partial charge is 0.0991 e. The van der Waals surface area contributed by atoms with Crippen molar-refractivity contribution < 1.29 is 0 Å². The molecule has 3 heteroatoms. The number of rotatable bonds is 1. The molecular weight excluding hydrogens is 192 g/mol. The van der Waals surface area contributed by atoms with Crippen LogP contribution in [0.3, 0.4) is 0 Å². The number of benzene rings is 1. The lowest BCUT2D eigenvalue weighted by molar-refractivity contribution is 0.643. The van der Waals surface area contributed by atoms with E-state index in [9.17, 15) is 0 Å². The summed E-state index contributed by atoms with van der Waals surface area (Å²) >= 11 is 1.91. The minimum atomic E-state index is 0.372. The van der Waals surface area contributed by atoms with Crippen molar-refractivity contribution in [2.45, 2.75) is 11.8 Å². The van der Waals surface area contributed by atoms with Gasteiger partial charge in [0.1, 0.15) is 0 Å². The lowest BCUT2D eigenvalue weighted by Crippen LogP contribution is -2.25. The molecule has 0 bridgehead atoms. The van der Waals surface area contributed by atoms with Crippen LogP contribution in [0.2, 0.25) is 0 Å². The Morgan fingerprint density at radius 3 is 3.14 bits per heavy atom. The Morgan fingerprint density at radius 1 is 1.50 bits per heavy atom. The van der Waals surface area contributed by atoms with Gasteiger partial charge in [-0.3, -0.25) is 0 Å². The van der Waals surface area contributed by atoms with E-state index in [1.165, 1.54) is 17.7 Å². The fourth-order valence-corrected chi connectivity index (χ4v) is 2.67. The van der Waals surface area contributed by atoms with Crippen LogP contribution >= 0.6 is 11.8 Å². The van der Waals surface area contributed by atoms with Crippen molar-refractivity contribution in [1.29, 1.82) is 5.26 Å². The van der Waals surface area contributed by atoms with Crippen molar-refractivity contribution in [3.63, 3.8) is 0 Å². The standard InChI is InChI=1S/C11H12N2S/c12-8-9-3-1-4-10(7-9)11-13-5-2-6-14-11/h1,3-4,7,11,13H,2,5-6H2. The molecule has 72 valence electrons. The summed E-state index contributed by atoms with van der Waals surface area (Å²) < 4.78 is 0. The van der Waals surface area contributed by atoms with Crippen molar-refractivity contribution in [2.75, 3.05) is 12.3 Å². The molecule has 1 heterocycles. The molecule has 0 amide bonds. The Balaban J connectivity index is 2.18. The highest BCUT2D eigenvalue weighted by Crippen LogP contribution is 2.29. The molecule has 0 aromatic heterocycles. The largest absolute Gasteiger partial charge is 0.302 e. The zero-order valence-corrected chi connectivity index (χ0v) is 8.68. The van der Waals surface area contributed by atoms with E-state index < -0.39 is 0 Å². The van der Waals surface area contributed by atoms with Crippen LogP contribution in [0.5, 0.6) is 0 Å². The molecule has 2 nitrogen and oxygen atoms in total. The van der Waals surface area contributed by atoms with Gasteiger partial charge >= 0.3 is 0 Å². The van der Waals surface area contributed by atoms with Crippen LogP contribution < -0.4 is 5.32 Å². The zero-order chi connectivity index (χ0) is 9.80. The first kappa shape index (κ1) is 9.57. The van der Waals surface area contributed by atoms with Crippen LogP contribution in [0, 0.1) is 11.3 Å². The average Bonchev–Trinajstić information content (AvgIpc) is 2.30. The number of hydrogen-bond donors (Lipinski definition) is 1. The second kappa shape index (κ2) is 4.50. The summed E-state index contributed by atoms with van der Waals surface area (Å²) in [6.45, 7) is 1.08. The number of nitrogens with zero attached hydrogens (tertiary/aromatic N) is 1. The van der Waals surface area contributed by atoms with Gasteiger partial charge in [0.2, 0.25) is 0 Å². The minimum Gasteiger partial charge on any atom is -0.302 e. The topological polar surface area (TPSA) is 35.8 Å². The number of nitriles is 1. The maximum absolute atomic E-state index is 8.78. The summed E-state index contributed by atoms with van der Waals surface area (Å²) in [5.74, 6) is 1.20. The first-order valence-corrected chi connectivity index (χ1v) is 5.80. The van der Waals surface area contributed by atoms with E-state index in [1.807, 2.05) is 30.0 Å². The number of nitrogens with one attached hydrogen (secondary N) is 1. The lowest BCUT2D eigenvalue weighted by atomic mass is 10.1. The molecule has 1 fully saturated rings. The Bertz CT molecular complexity index is 351.